The second-order valence-corrected chi connectivity index (χ2v) is 6.59. The molecule has 0 aromatic carbocycles. The highest BCUT2D eigenvalue weighted by Crippen LogP contribution is 2.15. The zero-order valence-corrected chi connectivity index (χ0v) is 17.1. The van der Waals surface area contributed by atoms with Gasteiger partial charge in [-0.25, -0.2) is 9.50 Å². The van der Waals surface area contributed by atoms with Crippen LogP contribution in [0.3, 0.4) is 0 Å². The molecule has 3 rings (SSSR count). The Morgan fingerprint density at radius 2 is 2.11 bits per heavy atom. The van der Waals surface area contributed by atoms with Crippen molar-refractivity contribution in [3.8, 4) is 0 Å². The maximum absolute atomic E-state index is 12.9. The normalized spacial score (nSPS) is 15.6. The number of fused-ring (bicyclic) bond motifs is 1. The van der Waals surface area contributed by atoms with Crippen molar-refractivity contribution in [2.45, 2.75) is 0 Å². The maximum atomic E-state index is 12.9. The predicted molar refractivity (Wildman–Crippen MR) is 107 cm³/mol. The first kappa shape index (κ1) is 20.0. The summed E-state index contributed by atoms with van der Waals surface area (Å²) in [4.78, 5) is 35.5. The molecule has 0 unspecified atom stereocenters. The van der Waals surface area contributed by atoms with Gasteiger partial charge in [0.15, 0.2) is 5.65 Å². The predicted octanol–water partition coefficient (Wildman–Crippen LogP) is 0.463. The van der Waals surface area contributed by atoms with Crippen molar-refractivity contribution >= 4 is 45.3 Å². The second kappa shape index (κ2) is 8.93. The molecule has 1 aliphatic rings. The summed E-state index contributed by atoms with van der Waals surface area (Å²) in [5.41, 5.74) is 1.41. The number of rotatable bonds is 5. The first-order valence-electron chi connectivity index (χ1n) is 8.58. The molecule has 1 saturated heterocycles. The molecule has 148 valence electrons. The number of hydrogen-bond donors (Lipinski definition) is 2. The number of aliphatic imine (C=N–C) groups is 1. The Morgan fingerprint density at radius 3 is 2.79 bits per heavy atom. The van der Waals surface area contributed by atoms with Gasteiger partial charge in [0.2, 0.25) is 4.73 Å². The molecule has 2 N–H and O–H groups in total. The van der Waals surface area contributed by atoms with Crippen molar-refractivity contribution in [3.63, 3.8) is 0 Å². The molecular weight excluding hydrogens is 430 g/mol. The number of carbonyl (C=O) groups is 2. The van der Waals surface area contributed by atoms with Gasteiger partial charge < -0.3 is 20.3 Å². The van der Waals surface area contributed by atoms with E-state index < -0.39 is 5.91 Å². The number of ether oxygens (including phenoxy) is 1. The Bertz CT molecular complexity index is 947. The minimum atomic E-state index is -0.457. The molecule has 2 aromatic rings. The van der Waals surface area contributed by atoms with Crippen molar-refractivity contribution in [1.29, 1.82) is 0 Å². The van der Waals surface area contributed by atoms with Crippen LogP contribution >= 0.6 is 15.9 Å². The number of anilines is 1. The maximum Gasteiger partial charge on any atom is 0.272 e. The number of carbonyl (C=O) groups excluding carboxylic acids is 2. The average molecular weight is 450 g/mol. The zero-order valence-electron chi connectivity index (χ0n) is 15.5. The van der Waals surface area contributed by atoms with Crippen molar-refractivity contribution < 1.29 is 14.3 Å². The van der Waals surface area contributed by atoms with E-state index in [9.17, 15) is 9.59 Å². The van der Waals surface area contributed by atoms with Crippen molar-refractivity contribution in [2.24, 2.45) is 4.99 Å². The van der Waals surface area contributed by atoms with Gasteiger partial charge in [0.05, 0.1) is 18.8 Å². The van der Waals surface area contributed by atoms with Crippen LogP contribution in [-0.4, -0.2) is 77.9 Å². The molecular formula is C17H20BrN7O3. The van der Waals surface area contributed by atoms with Gasteiger partial charge in [0, 0.05) is 51.4 Å². The van der Waals surface area contributed by atoms with Crippen LogP contribution in [0.15, 0.2) is 39.3 Å². The third-order valence-electron chi connectivity index (χ3n) is 4.10. The SMILES string of the molecule is CN=C/C(C(=O)N1CCOCC1)=C(\NC)C(=O)Nc1ccn2nc(Br)nc2c1. The van der Waals surface area contributed by atoms with Crippen LogP contribution in [0.25, 0.3) is 5.65 Å². The summed E-state index contributed by atoms with van der Waals surface area (Å²) >= 11 is 3.21. The first-order valence-corrected chi connectivity index (χ1v) is 9.37. The summed E-state index contributed by atoms with van der Waals surface area (Å²) in [6.45, 7) is 1.88. The highest BCUT2D eigenvalue weighted by atomic mass is 79.9. The average Bonchev–Trinajstić information content (AvgIpc) is 3.07. The van der Waals surface area contributed by atoms with Crippen LogP contribution in [-0.2, 0) is 14.3 Å². The van der Waals surface area contributed by atoms with Gasteiger partial charge in [-0.1, -0.05) is 0 Å². The Balaban J connectivity index is 1.87. The first-order chi connectivity index (χ1) is 13.5. The highest BCUT2D eigenvalue weighted by molar-refractivity contribution is 9.10. The fourth-order valence-electron chi connectivity index (χ4n) is 2.79. The van der Waals surface area contributed by atoms with Crippen molar-refractivity contribution in [2.75, 3.05) is 45.7 Å². The van der Waals surface area contributed by atoms with E-state index in [-0.39, 0.29) is 17.2 Å². The van der Waals surface area contributed by atoms with E-state index in [1.165, 1.54) is 6.21 Å². The van der Waals surface area contributed by atoms with E-state index in [1.807, 2.05) is 0 Å². The van der Waals surface area contributed by atoms with Crippen LogP contribution < -0.4 is 10.6 Å². The Morgan fingerprint density at radius 1 is 1.36 bits per heavy atom. The number of amides is 2. The van der Waals surface area contributed by atoms with Crippen LogP contribution in [0, 0.1) is 0 Å². The summed E-state index contributed by atoms with van der Waals surface area (Å²) in [6, 6.07) is 3.37. The van der Waals surface area contributed by atoms with Gasteiger partial charge in [0.1, 0.15) is 5.70 Å². The number of hydrogen-bond acceptors (Lipinski definition) is 7. The molecule has 2 amide bonds. The third-order valence-corrected chi connectivity index (χ3v) is 4.44. The molecule has 1 fully saturated rings. The van der Waals surface area contributed by atoms with Crippen LogP contribution in [0.1, 0.15) is 0 Å². The van der Waals surface area contributed by atoms with Gasteiger partial charge in [0.25, 0.3) is 11.8 Å². The van der Waals surface area contributed by atoms with E-state index in [0.717, 1.165) is 0 Å². The van der Waals surface area contributed by atoms with Gasteiger partial charge in [-0.2, -0.15) is 0 Å². The second-order valence-electron chi connectivity index (χ2n) is 5.88. The molecule has 0 saturated carbocycles. The molecule has 0 spiro atoms. The number of pyridine rings is 1. The highest BCUT2D eigenvalue weighted by Gasteiger charge is 2.25. The number of nitrogens with one attached hydrogen (secondary N) is 2. The lowest BCUT2D eigenvalue weighted by Crippen LogP contribution is -2.43. The fraction of sp³-hybridized carbons (Fsp3) is 0.353. The summed E-state index contributed by atoms with van der Waals surface area (Å²) in [5.74, 6) is -0.729. The standard InChI is InChI=1S/C17H20BrN7O3/c1-19-10-12(16(27)24-5-7-28-8-6-24)14(20-2)15(26)21-11-3-4-25-13(9-11)22-17(18)23-25/h3-4,9-10,20H,5-8H2,1-2H3,(H,21,26)/b14-12+,19-10?. The van der Waals surface area contributed by atoms with Gasteiger partial charge >= 0.3 is 0 Å². The van der Waals surface area contributed by atoms with E-state index in [2.05, 4.69) is 41.6 Å². The molecule has 2 aromatic heterocycles. The number of likely N-dealkylation sites (N-methyl/N-ethyl adjacent to an activating group) is 1. The quantitative estimate of drug-likeness (QED) is 0.506. The molecule has 0 radical (unpaired) electrons. The summed E-state index contributed by atoms with van der Waals surface area (Å²) in [5, 5.41) is 9.73. The Kier molecular flexibility index (Phi) is 6.37. The number of nitrogens with zero attached hydrogens (tertiary/aromatic N) is 5. The number of morpholine rings is 1. The van der Waals surface area contributed by atoms with Crippen LogP contribution in [0.2, 0.25) is 0 Å². The summed E-state index contributed by atoms with van der Waals surface area (Å²) in [7, 11) is 3.14. The molecule has 3 heterocycles. The largest absolute Gasteiger partial charge is 0.383 e. The summed E-state index contributed by atoms with van der Waals surface area (Å²) < 4.78 is 7.31. The fourth-order valence-corrected chi connectivity index (χ4v) is 3.14. The van der Waals surface area contributed by atoms with Gasteiger partial charge in [-0.3, -0.25) is 14.6 Å². The van der Waals surface area contributed by atoms with E-state index in [0.29, 0.717) is 42.4 Å². The van der Waals surface area contributed by atoms with Gasteiger partial charge in [-0.15, -0.1) is 5.10 Å². The molecule has 28 heavy (non-hydrogen) atoms. The van der Waals surface area contributed by atoms with Crippen molar-refractivity contribution in [1.82, 2.24) is 24.8 Å². The number of aromatic nitrogens is 3. The lowest BCUT2D eigenvalue weighted by molar-refractivity contribution is -0.130. The lowest BCUT2D eigenvalue weighted by Gasteiger charge is -2.27. The Hall–Kier alpha value is -2.79. The van der Waals surface area contributed by atoms with Crippen LogP contribution in [0.4, 0.5) is 5.69 Å². The zero-order chi connectivity index (χ0) is 20.1. The molecule has 1 aliphatic heterocycles. The molecule has 0 aliphatic carbocycles. The molecule has 10 nitrogen and oxygen atoms in total. The topological polar surface area (TPSA) is 113 Å². The molecule has 0 bridgehead atoms. The lowest BCUT2D eigenvalue weighted by atomic mass is 10.1. The Labute approximate surface area is 169 Å². The monoisotopic (exact) mass is 449 g/mol. The minimum absolute atomic E-state index is 0.129. The van der Waals surface area contributed by atoms with Crippen LogP contribution in [0.5, 0.6) is 0 Å². The smallest absolute Gasteiger partial charge is 0.272 e. The van der Waals surface area contributed by atoms with Gasteiger partial charge in [-0.05, 0) is 22.0 Å². The third kappa shape index (κ3) is 4.37. The van der Waals surface area contributed by atoms with E-state index in [4.69, 9.17) is 4.74 Å². The minimum Gasteiger partial charge on any atom is -0.383 e. The van der Waals surface area contributed by atoms with E-state index in [1.54, 1.807) is 41.8 Å². The number of halogens is 1. The van der Waals surface area contributed by atoms with Crippen molar-refractivity contribution in [3.05, 3.63) is 34.3 Å². The molecule has 0 atom stereocenters. The summed E-state index contributed by atoms with van der Waals surface area (Å²) in [6.07, 6.45) is 3.07. The molecule has 11 heteroatoms. The van der Waals surface area contributed by atoms with E-state index >= 15 is 0 Å².